The Balaban J connectivity index is 1.70. The van der Waals surface area contributed by atoms with E-state index in [1.165, 1.54) is 0 Å². The number of carbonyl (C=O) groups is 1. The predicted octanol–water partition coefficient (Wildman–Crippen LogP) is 4.21. The number of carbonyl (C=O) groups excluding carboxylic acids is 1. The number of Topliss-reactive ketones (excluding diaryl/α,β-unsaturated/α-hetero) is 1. The Morgan fingerprint density at radius 2 is 2.08 bits per heavy atom. The van der Waals surface area contributed by atoms with E-state index in [-0.39, 0.29) is 11.7 Å². The molecule has 24 heavy (non-hydrogen) atoms. The van der Waals surface area contributed by atoms with Gasteiger partial charge in [0.15, 0.2) is 5.78 Å². The number of likely N-dealkylation sites (tertiary alicyclic amines) is 1. The Morgan fingerprint density at radius 3 is 2.88 bits per heavy atom. The number of ketones is 1. The number of aromatic hydroxyl groups is 1. The first-order valence-corrected chi connectivity index (χ1v) is 9.57. The zero-order valence-electron chi connectivity index (χ0n) is 13.9. The van der Waals surface area contributed by atoms with Crippen LogP contribution in [0.2, 0.25) is 0 Å². The largest absolute Gasteiger partial charge is 0.508 e. The van der Waals surface area contributed by atoms with Crippen LogP contribution in [0.1, 0.15) is 28.8 Å². The van der Waals surface area contributed by atoms with Crippen LogP contribution < -0.4 is 0 Å². The highest BCUT2D eigenvalue weighted by Crippen LogP contribution is 2.27. The van der Waals surface area contributed by atoms with E-state index in [1.807, 2.05) is 42.7 Å². The van der Waals surface area contributed by atoms with E-state index in [9.17, 15) is 9.90 Å². The Morgan fingerprint density at radius 1 is 1.25 bits per heavy atom. The van der Waals surface area contributed by atoms with Crippen LogP contribution in [-0.2, 0) is 6.54 Å². The average molecular weight is 341 g/mol. The van der Waals surface area contributed by atoms with Gasteiger partial charge in [0.1, 0.15) is 5.75 Å². The molecule has 0 amide bonds. The van der Waals surface area contributed by atoms with Gasteiger partial charge >= 0.3 is 0 Å². The standard InChI is InChI=1S/C20H23NO2S/c1-24-19-10-3-2-9-18(19)20(23)16-7-5-11-21(14-16)13-15-6-4-8-17(22)12-15/h2-4,6,8-10,12,16,22H,5,7,11,13-14H2,1H3/t16-/m1/s1. The summed E-state index contributed by atoms with van der Waals surface area (Å²) in [6.07, 6.45) is 4.01. The fraction of sp³-hybridized carbons (Fsp3) is 0.350. The Kier molecular flexibility index (Phi) is 5.59. The molecule has 0 unspecified atom stereocenters. The maximum atomic E-state index is 13.0. The number of phenols is 1. The summed E-state index contributed by atoms with van der Waals surface area (Å²) in [6, 6.07) is 15.3. The number of nitrogens with zero attached hydrogens (tertiary/aromatic N) is 1. The highest BCUT2D eigenvalue weighted by atomic mass is 32.2. The lowest BCUT2D eigenvalue weighted by atomic mass is 9.89. The van der Waals surface area contributed by atoms with Crippen LogP contribution >= 0.6 is 11.8 Å². The van der Waals surface area contributed by atoms with Crippen LogP contribution in [-0.4, -0.2) is 35.1 Å². The van der Waals surface area contributed by atoms with Gasteiger partial charge in [-0.05, 0) is 49.4 Å². The van der Waals surface area contributed by atoms with Gasteiger partial charge in [-0.2, -0.15) is 0 Å². The van der Waals surface area contributed by atoms with Crippen molar-refractivity contribution in [2.75, 3.05) is 19.3 Å². The SMILES string of the molecule is CSc1ccccc1C(=O)[C@@H]1CCCN(Cc2cccc(O)c2)C1. The molecule has 1 atom stereocenters. The van der Waals surface area contributed by atoms with Crippen LogP contribution in [0.15, 0.2) is 53.4 Å². The number of rotatable bonds is 5. The first-order valence-electron chi connectivity index (χ1n) is 8.35. The minimum atomic E-state index is 0.0596. The summed E-state index contributed by atoms with van der Waals surface area (Å²) in [5.74, 6) is 0.621. The van der Waals surface area contributed by atoms with Gasteiger partial charge in [-0.1, -0.05) is 30.3 Å². The number of hydrogen-bond acceptors (Lipinski definition) is 4. The van der Waals surface area contributed by atoms with E-state index in [4.69, 9.17) is 0 Å². The summed E-state index contributed by atoms with van der Waals surface area (Å²) in [5.41, 5.74) is 1.95. The molecule has 0 aromatic heterocycles. The van der Waals surface area contributed by atoms with E-state index >= 15 is 0 Å². The number of thioether (sulfide) groups is 1. The van der Waals surface area contributed by atoms with Crippen molar-refractivity contribution in [3.05, 3.63) is 59.7 Å². The van der Waals surface area contributed by atoms with Crippen LogP contribution in [0.5, 0.6) is 5.75 Å². The van der Waals surface area contributed by atoms with Crippen LogP contribution in [0.25, 0.3) is 0 Å². The molecule has 2 aromatic carbocycles. The summed E-state index contributed by atoms with van der Waals surface area (Å²) in [4.78, 5) is 16.3. The number of hydrogen-bond donors (Lipinski definition) is 1. The van der Waals surface area contributed by atoms with E-state index in [2.05, 4.69) is 4.90 Å². The highest BCUT2D eigenvalue weighted by Gasteiger charge is 2.27. The molecule has 0 spiro atoms. The van der Waals surface area contributed by atoms with Crippen molar-refractivity contribution in [1.29, 1.82) is 0 Å². The van der Waals surface area contributed by atoms with Crippen molar-refractivity contribution >= 4 is 17.5 Å². The Labute approximate surface area is 147 Å². The van der Waals surface area contributed by atoms with E-state index in [0.717, 1.165) is 48.5 Å². The third-order valence-corrected chi connectivity index (χ3v) is 5.36. The second-order valence-electron chi connectivity index (χ2n) is 6.31. The third kappa shape index (κ3) is 4.00. The molecule has 1 fully saturated rings. The van der Waals surface area contributed by atoms with Gasteiger partial charge in [0, 0.05) is 29.5 Å². The fourth-order valence-electron chi connectivity index (χ4n) is 3.39. The summed E-state index contributed by atoms with van der Waals surface area (Å²) >= 11 is 1.63. The molecule has 4 heteroatoms. The van der Waals surface area contributed by atoms with Crippen LogP contribution in [0.3, 0.4) is 0 Å². The zero-order chi connectivity index (χ0) is 16.9. The van der Waals surface area contributed by atoms with Gasteiger partial charge in [0.05, 0.1) is 0 Å². The maximum Gasteiger partial charge on any atom is 0.168 e. The molecule has 0 saturated carbocycles. The van der Waals surface area contributed by atoms with Gasteiger partial charge in [-0.15, -0.1) is 11.8 Å². The van der Waals surface area contributed by atoms with Gasteiger partial charge < -0.3 is 5.11 Å². The molecule has 0 aliphatic carbocycles. The average Bonchev–Trinajstić information content (AvgIpc) is 2.61. The minimum absolute atomic E-state index is 0.0596. The van der Waals surface area contributed by atoms with Crippen LogP contribution in [0.4, 0.5) is 0 Å². The van der Waals surface area contributed by atoms with Gasteiger partial charge in [-0.3, -0.25) is 9.69 Å². The molecule has 1 aliphatic rings. The second-order valence-corrected chi connectivity index (χ2v) is 7.16. The van der Waals surface area contributed by atoms with Crippen LogP contribution in [0, 0.1) is 5.92 Å². The van der Waals surface area contributed by atoms with Gasteiger partial charge in [0.2, 0.25) is 0 Å². The van der Waals surface area contributed by atoms with Gasteiger partial charge in [-0.25, -0.2) is 0 Å². The molecule has 1 N–H and O–H groups in total. The number of piperidine rings is 1. The normalized spacial score (nSPS) is 18.5. The van der Waals surface area contributed by atoms with E-state index < -0.39 is 0 Å². The smallest absolute Gasteiger partial charge is 0.168 e. The van der Waals surface area contributed by atoms with Crippen molar-refractivity contribution in [1.82, 2.24) is 4.90 Å². The van der Waals surface area contributed by atoms with Crippen molar-refractivity contribution in [2.24, 2.45) is 5.92 Å². The molecule has 3 rings (SSSR count). The third-order valence-electron chi connectivity index (χ3n) is 4.57. The van der Waals surface area contributed by atoms with Crippen molar-refractivity contribution < 1.29 is 9.90 Å². The fourth-order valence-corrected chi connectivity index (χ4v) is 4.00. The van der Waals surface area contributed by atoms with E-state index in [1.54, 1.807) is 23.9 Å². The van der Waals surface area contributed by atoms with Crippen molar-refractivity contribution in [3.8, 4) is 5.75 Å². The molecular weight excluding hydrogens is 318 g/mol. The lowest BCUT2D eigenvalue weighted by Crippen LogP contribution is -2.38. The van der Waals surface area contributed by atoms with Crippen molar-refractivity contribution in [3.63, 3.8) is 0 Å². The molecule has 0 radical (unpaired) electrons. The molecule has 1 heterocycles. The molecule has 0 bridgehead atoms. The molecule has 3 nitrogen and oxygen atoms in total. The zero-order valence-corrected chi connectivity index (χ0v) is 14.8. The molecular formula is C20H23NO2S. The van der Waals surface area contributed by atoms with E-state index in [0.29, 0.717) is 5.75 Å². The quantitative estimate of drug-likeness (QED) is 0.653. The molecule has 126 valence electrons. The molecule has 1 saturated heterocycles. The number of phenolic OH excluding ortho intramolecular Hbond substituents is 1. The first-order chi connectivity index (χ1) is 11.7. The summed E-state index contributed by atoms with van der Waals surface area (Å²) in [5, 5.41) is 9.61. The highest BCUT2D eigenvalue weighted by molar-refractivity contribution is 7.98. The topological polar surface area (TPSA) is 40.5 Å². The van der Waals surface area contributed by atoms with Crippen molar-refractivity contribution in [2.45, 2.75) is 24.3 Å². The van der Waals surface area contributed by atoms with Gasteiger partial charge in [0.25, 0.3) is 0 Å². The summed E-state index contributed by atoms with van der Waals surface area (Å²) in [6.45, 7) is 2.57. The lowest BCUT2D eigenvalue weighted by molar-refractivity contribution is 0.0808. The lowest BCUT2D eigenvalue weighted by Gasteiger charge is -2.32. The molecule has 1 aliphatic heterocycles. The second kappa shape index (κ2) is 7.86. The predicted molar refractivity (Wildman–Crippen MR) is 98.7 cm³/mol. The summed E-state index contributed by atoms with van der Waals surface area (Å²) in [7, 11) is 0. The minimum Gasteiger partial charge on any atom is -0.508 e. The molecule has 2 aromatic rings. The first kappa shape index (κ1) is 17.1. The monoisotopic (exact) mass is 341 g/mol. The summed E-state index contributed by atoms with van der Waals surface area (Å²) < 4.78 is 0. The Bertz CT molecular complexity index is 716. The Hall–Kier alpha value is -1.78. The maximum absolute atomic E-state index is 13.0. The number of benzene rings is 2.